The molecule has 0 unspecified atom stereocenters. The van der Waals surface area contributed by atoms with Crippen molar-refractivity contribution in [2.24, 2.45) is 16.3 Å². The number of amides is 1. The van der Waals surface area contributed by atoms with Crippen molar-refractivity contribution in [1.29, 1.82) is 0 Å². The van der Waals surface area contributed by atoms with Gasteiger partial charge in [0, 0.05) is 13.1 Å². The molecule has 1 aliphatic carbocycles. The smallest absolute Gasteiger partial charge is 0.233 e. The van der Waals surface area contributed by atoms with Crippen molar-refractivity contribution in [3.8, 4) is 0 Å². The number of carbonyl (C=O) groups is 1. The van der Waals surface area contributed by atoms with Crippen molar-refractivity contribution >= 4 is 11.7 Å². The number of rotatable bonds is 8. The fourth-order valence-corrected chi connectivity index (χ4v) is 2.47. The van der Waals surface area contributed by atoms with Crippen LogP contribution in [0.15, 0.2) is 5.16 Å². The van der Waals surface area contributed by atoms with Gasteiger partial charge in [-0.1, -0.05) is 25.4 Å². The number of nitrogens with two attached hydrogens (primary N) is 1. The molecule has 0 aromatic rings. The molecule has 0 aromatic heterocycles. The Morgan fingerprint density at radius 1 is 1.42 bits per heavy atom. The van der Waals surface area contributed by atoms with Crippen LogP contribution in [0.2, 0.25) is 0 Å². The van der Waals surface area contributed by atoms with E-state index in [0.717, 1.165) is 32.5 Å². The average Bonchev–Trinajstić information content (AvgIpc) is 2.36. The zero-order chi connectivity index (χ0) is 14.3. The minimum atomic E-state index is -0.767. The molecule has 4 N–H and O–H groups in total. The lowest BCUT2D eigenvalue weighted by Crippen LogP contribution is -2.54. The zero-order valence-electron chi connectivity index (χ0n) is 12.0. The Labute approximate surface area is 115 Å². The van der Waals surface area contributed by atoms with E-state index >= 15 is 0 Å². The number of likely N-dealkylation sites (N-methyl/N-ethyl adjacent to an activating group) is 1. The lowest BCUT2D eigenvalue weighted by Gasteiger charge is -2.38. The lowest BCUT2D eigenvalue weighted by molar-refractivity contribution is -0.131. The molecule has 6 heteroatoms. The van der Waals surface area contributed by atoms with Gasteiger partial charge in [-0.3, -0.25) is 4.79 Å². The average molecular weight is 270 g/mol. The zero-order valence-corrected chi connectivity index (χ0v) is 12.0. The number of amidine groups is 1. The van der Waals surface area contributed by atoms with E-state index < -0.39 is 5.41 Å². The molecule has 0 bridgehead atoms. The predicted octanol–water partition coefficient (Wildman–Crippen LogP) is 0.751. The van der Waals surface area contributed by atoms with Gasteiger partial charge >= 0.3 is 0 Å². The number of hydrogen-bond donors (Lipinski definition) is 3. The van der Waals surface area contributed by atoms with Crippen LogP contribution in [0.1, 0.15) is 39.5 Å². The van der Waals surface area contributed by atoms with Crippen LogP contribution >= 0.6 is 0 Å². The van der Waals surface area contributed by atoms with Gasteiger partial charge in [0.05, 0.1) is 0 Å². The monoisotopic (exact) mass is 270 g/mol. The molecule has 0 saturated heterocycles. The Bertz CT molecular complexity index is 327. The first-order chi connectivity index (χ1) is 9.10. The third-order valence-corrected chi connectivity index (χ3v) is 3.94. The van der Waals surface area contributed by atoms with Crippen molar-refractivity contribution in [3.05, 3.63) is 0 Å². The van der Waals surface area contributed by atoms with E-state index in [0.29, 0.717) is 19.4 Å². The summed E-state index contributed by atoms with van der Waals surface area (Å²) in [5.74, 6) is -0.0706. The van der Waals surface area contributed by atoms with Crippen molar-refractivity contribution in [2.45, 2.75) is 39.5 Å². The first-order valence-electron chi connectivity index (χ1n) is 7.09. The lowest BCUT2D eigenvalue weighted by atomic mass is 9.67. The quantitative estimate of drug-likeness (QED) is 0.263. The number of nitrogens with one attached hydrogen (secondary N) is 1. The number of carbonyl (C=O) groups excluding carboxylic acids is 1. The van der Waals surface area contributed by atoms with Crippen LogP contribution in [0.3, 0.4) is 0 Å². The Hall–Kier alpha value is -1.30. The number of nitrogens with zero attached hydrogens (tertiary/aromatic N) is 2. The molecular weight excluding hydrogens is 244 g/mol. The number of hydrogen-bond acceptors (Lipinski definition) is 4. The van der Waals surface area contributed by atoms with Gasteiger partial charge in [0.15, 0.2) is 5.84 Å². The van der Waals surface area contributed by atoms with Crippen molar-refractivity contribution in [3.63, 3.8) is 0 Å². The molecule has 0 spiro atoms. The minimum absolute atomic E-state index is 0.0390. The Balaban J connectivity index is 2.42. The summed E-state index contributed by atoms with van der Waals surface area (Å²) in [6.07, 6.45) is 3.39. The highest BCUT2D eigenvalue weighted by Gasteiger charge is 2.48. The maximum atomic E-state index is 12.2. The van der Waals surface area contributed by atoms with Crippen LogP contribution in [0, 0.1) is 5.41 Å². The third kappa shape index (κ3) is 3.59. The molecule has 0 aliphatic heterocycles. The Morgan fingerprint density at radius 3 is 2.53 bits per heavy atom. The molecule has 1 fully saturated rings. The summed E-state index contributed by atoms with van der Waals surface area (Å²) in [6.45, 7) is 7.71. The molecule has 110 valence electrons. The second-order valence-corrected chi connectivity index (χ2v) is 5.11. The van der Waals surface area contributed by atoms with Crippen LogP contribution in [0.25, 0.3) is 0 Å². The summed E-state index contributed by atoms with van der Waals surface area (Å²) in [7, 11) is 0. The van der Waals surface area contributed by atoms with Crippen LogP contribution in [0.5, 0.6) is 0 Å². The third-order valence-electron chi connectivity index (χ3n) is 3.94. The molecule has 0 heterocycles. The molecule has 19 heavy (non-hydrogen) atoms. The summed E-state index contributed by atoms with van der Waals surface area (Å²) in [6, 6.07) is 0. The molecule has 0 radical (unpaired) electrons. The van der Waals surface area contributed by atoms with Crippen LogP contribution in [-0.4, -0.2) is 48.0 Å². The second kappa shape index (κ2) is 7.33. The van der Waals surface area contributed by atoms with E-state index in [2.05, 4.69) is 29.2 Å². The highest BCUT2D eigenvalue weighted by atomic mass is 16.4. The molecule has 1 aliphatic rings. The van der Waals surface area contributed by atoms with Gasteiger partial charge in [0.25, 0.3) is 0 Å². The standard InChI is InChI=1S/C13H26N4O2/c1-3-9-17(4-2)10-8-15-12(18)13(6-5-7-13)11(14)16-19/h19H,3-10H2,1-2H3,(H2,14,16)(H,15,18). The van der Waals surface area contributed by atoms with Crippen molar-refractivity contribution in [1.82, 2.24) is 10.2 Å². The highest BCUT2D eigenvalue weighted by Crippen LogP contribution is 2.41. The van der Waals surface area contributed by atoms with E-state index in [9.17, 15) is 4.79 Å². The summed E-state index contributed by atoms with van der Waals surface area (Å²) >= 11 is 0. The van der Waals surface area contributed by atoms with Crippen LogP contribution < -0.4 is 11.1 Å². The second-order valence-electron chi connectivity index (χ2n) is 5.11. The Kier molecular flexibility index (Phi) is 6.08. The maximum Gasteiger partial charge on any atom is 0.233 e. The first kappa shape index (κ1) is 15.8. The van der Waals surface area contributed by atoms with E-state index in [1.807, 2.05) is 0 Å². The van der Waals surface area contributed by atoms with E-state index in [1.54, 1.807) is 0 Å². The van der Waals surface area contributed by atoms with Gasteiger partial charge in [0.2, 0.25) is 5.91 Å². The van der Waals surface area contributed by atoms with Gasteiger partial charge in [-0.05, 0) is 32.4 Å². The SMILES string of the molecule is CCCN(CC)CCNC(=O)C1(C(N)=NO)CCC1. The largest absolute Gasteiger partial charge is 0.409 e. The van der Waals surface area contributed by atoms with E-state index in [1.165, 1.54) is 0 Å². The molecular formula is C13H26N4O2. The minimum Gasteiger partial charge on any atom is -0.409 e. The summed E-state index contributed by atoms with van der Waals surface area (Å²) in [5, 5.41) is 14.7. The molecule has 1 amide bonds. The first-order valence-corrected chi connectivity index (χ1v) is 7.09. The van der Waals surface area contributed by atoms with Gasteiger partial charge in [-0.25, -0.2) is 0 Å². The summed E-state index contributed by atoms with van der Waals surface area (Å²) in [4.78, 5) is 14.5. The molecule has 0 atom stereocenters. The van der Waals surface area contributed by atoms with Gasteiger partial charge in [-0.2, -0.15) is 0 Å². The van der Waals surface area contributed by atoms with Crippen molar-refractivity contribution < 1.29 is 10.0 Å². The Morgan fingerprint density at radius 2 is 2.11 bits per heavy atom. The van der Waals surface area contributed by atoms with Crippen LogP contribution in [-0.2, 0) is 4.79 Å². The number of oxime groups is 1. The molecule has 1 rings (SSSR count). The van der Waals surface area contributed by atoms with Gasteiger partial charge in [-0.15, -0.1) is 0 Å². The fourth-order valence-electron chi connectivity index (χ4n) is 2.47. The summed E-state index contributed by atoms with van der Waals surface area (Å²) < 4.78 is 0. The summed E-state index contributed by atoms with van der Waals surface area (Å²) in [5.41, 5.74) is 4.88. The highest BCUT2D eigenvalue weighted by molar-refractivity contribution is 6.07. The topological polar surface area (TPSA) is 91.0 Å². The fraction of sp³-hybridized carbons (Fsp3) is 0.846. The molecule has 6 nitrogen and oxygen atoms in total. The molecule has 1 saturated carbocycles. The van der Waals surface area contributed by atoms with Crippen molar-refractivity contribution in [2.75, 3.05) is 26.2 Å². The predicted molar refractivity (Wildman–Crippen MR) is 75.1 cm³/mol. The van der Waals surface area contributed by atoms with E-state index in [4.69, 9.17) is 10.9 Å². The van der Waals surface area contributed by atoms with Gasteiger partial charge < -0.3 is 21.2 Å². The normalized spacial score (nSPS) is 18.2. The van der Waals surface area contributed by atoms with E-state index in [-0.39, 0.29) is 11.7 Å². The van der Waals surface area contributed by atoms with Crippen LogP contribution in [0.4, 0.5) is 0 Å². The van der Waals surface area contributed by atoms with Gasteiger partial charge in [0.1, 0.15) is 5.41 Å². The molecule has 0 aromatic carbocycles. The maximum absolute atomic E-state index is 12.2.